The molecule has 1 rings (SSSR count). The number of alkyl halides is 3. The van der Waals surface area contributed by atoms with Crippen molar-refractivity contribution in [3.8, 4) is 0 Å². The summed E-state index contributed by atoms with van der Waals surface area (Å²) in [7, 11) is 0. The molecule has 0 heterocycles. The van der Waals surface area contributed by atoms with E-state index < -0.39 is 18.7 Å². The lowest BCUT2D eigenvalue weighted by Crippen LogP contribution is -2.39. The Morgan fingerprint density at radius 3 is 2.43 bits per heavy atom. The maximum absolute atomic E-state index is 12.1. The number of benzene rings is 1. The first kappa shape index (κ1) is 22.0. The summed E-state index contributed by atoms with van der Waals surface area (Å²) in [4.78, 5) is 4.11. The molecule has 0 amide bonds. The van der Waals surface area contributed by atoms with E-state index in [0.717, 1.165) is 5.56 Å². The van der Waals surface area contributed by atoms with Crippen LogP contribution in [0.1, 0.15) is 18.9 Å². The molecule has 0 saturated heterocycles. The topological polar surface area (TPSA) is 56.7 Å². The van der Waals surface area contributed by atoms with E-state index in [1.165, 1.54) is 0 Å². The largest absolute Gasteiger partial charge is 0.391 e. The van der Waals surface area contributed by atoms with E-state index in [0.29, 0.717) is 13.0 Å². The minimum absolute atomic E-state index is 0. The summed E-state index contributed by atoms with van der Waals surface area (Å²) in [6.07, 6.45) is -5.35. The van der Waals surface area contributed by atoms with Crippen LogP contribution in [0.2, 0.25) is 0 Å². The van der Waals surface area contributed by atoms with Crippen LogP contribution in [0.5, 0.6) is 0 Å². The molecule has 8 heteroatoms. The minimum atomic E-state index is -4.20. The molecule has 0 aliphatic carbocycles. The predicted molar refractivity (Wildman–Crippen MR) is 96.2 cm³/mol. The van der Waals surface area contributed by atoms with Crippen LogP contribution in [0, 0.1) is 0 Å². The van der Waals surface area contributed by atoms with Crippen molar-refractivity contribution in [3.05, 3.63) is 35.9 Å². The number of halogens is 4. The van der Waals surface area contributed by atoms with Crippen LogP contribution >= 0.6 is 24.0 Å². The van der Waals surface area contributed by atoms with Gasteiger partial charge in [-0.25, -0.2) is 0 Å². The van der Waals surface area contributed by atoms with Crippen molar-refractivity contribution >= 4 is 29.9 Å². The zero-order valence-corrected chi connectivity index (χ0v) is 15.3. The van der Waals surface area contributed by atoms with Crippen LogP contribution in [0.25, 0.3) is 0 Å². The zero-order chi connectivity index (χ0) is 16.4. The lowest BCUT2D eigenvalue weighted by Gasteiger charge is -2.14. The van der Waals surface area contributed by atoms with Crippen molar-refractivity contribution in [1.82, 2.24) is 10.6 Å². The van der Waals surface area contributed by atoms with Gasteiger partial charge in [-0.3, -0.25) is 4.99 Å². The molecule has 4 nitrogen and oxygen atoms in total. The van der Waals surface area contributed by atoms with E-state index in [9.17, 15) is 18.3 Å². The number of nitrogens with one attached hydrogen (secondary N) is 2. The number of aliphatic hydroxyl groups is 1. The average Bonchev–Trinajstić information content (AvgIpc) is 2.44. The summed E-state index contributed by atoms with van der Waals surface area (Å²) in [5.41, 5.74) is 0.986. The number of guanidine groups is 1. The van der Waals surface area contributed by atoms with Crippen molar-refractivity contribution in [2.45, 2.75) is 32.0 Å². The van der Waals surface area contributed by atoms with Crippen LogP contribution in [-0.4, -0.2) is 43.0 Å². The first-order valence-electron chi connectivity index (χ1n) is 7.21. The third-order valence-electron chi connectivity index (χ3n) is 2.82. The normalized spacial score (nSPS) is 13.2. The molecule has 0 spiro atoms. The van der Waals surface area contributed by atoms with Crippen molar-refractivity contribution in [1.29, 1.82) is 0 Å². The Hall–Kier alpha value is -1.03. The van der Waals surface area contributed by atoms with Crippen molar-refractivity contribution in [3.63, 3.8) is 0 Å². The lowest BCUT2D eigenvalue weighted by molar-refractivity contribution is -0.132. The van der Waals surface area contributed by atoms with Gasteiger partial charge in [0.25, 0.3) is 0 Å². The van der Waals surface area contributed by atoms with Gasteiger partial charge in [-0.2, -0.15) is 13.2 Å². The quantitative estimate of drug-likeness (QED) is 0.344. The van der Waals surface area contributed by atoms with E-state index in [-0.39, 0.29) is 43.0 Å². The molecule has 1 unspecified atom stereocenters. The predicted octanol–water partition coefficient (Wildman–Crippen LogP) is 2.72. The average molecular weight is 445 g/mol. The summed E-state index contributed by atoms with van der Waals surface area (Å²) in [6.45, 7) is 2.23. The van der Waals surface area contributed by atoms with Gasteiger partial charge in [0, 0.05) is 19.5 Å². The number of hydrogen-bond acceptors (Lipinski definition) is 2. The summed E-state index contributed by atoms with van der Waals surface area (Å²) >= 11 is 0. The van der Waals surface area contributed by atoms with E-state index in [1.54, 1.807) is 0 Å². The molecule has 0 fully saturated rings. The Kier molecular flexibility index (Phi) is 11.0. The van der Waals surface area contributed by atoms with Crippen molar-refractivity contribution in [2.24, 2.45) is 4.99 Å². The summed E-state index contributed by atoms with van der Waals surface area (Å²) < 4.78 is 36.3. The van der Waals surface area contributed by atoms with Gasteiger partial charge in [0.15, 0.2) is 5.96 Å². The SMILES string of the molecule is CCNC(=NCC(O)Cc1ccccc1)NCCC(F)(F)F.I. The van der Waals surface area contributed by atoms with Crippen LogP contribution in [-0.2, 0) is 6.42 Å². The Balaban J connectivity index is 0.00000484. The number of aliphatic imine (C=N–C) groups is 1. The molecular formula is C15H23F3IN3O. The summed E-state index contributed by atoms with van der Waals surface area (Å²) in [5.74, 6) is 0.277. The highest BCUT2D eigenvalue weighted by atomic mass is 127. The van der Waals surface area contributed by atoms with Crippen LogP contribution in [0.4, 0.5) is 13.2 Å². The first-order valence-corrected chi connectivity index (χ1v) is 7.21. The van der Waals surface area contributed by atoms with E-state index in [4.69, 9.17) is 0 Å². The molecule has 0 aromatic heterocycles. The van der Waals surface area contributed by atoms with Gasteiger partial charge in [0.05, 0.1) is 19.1 Å². The molecule has 0 aliphatic rings. The molecule has 0 radical (unpaired) electrons. The molecular weight excluding hydrogens is 422 g/mol. The maximum Gasteiger partial charge on any atom is 0.390 e. The zero-order valence-electron chi connectivity index (χ0n) is 12.9. The third kappa shape index (κ3) is 11.2. The van der Waals surface area contributed by atoms with Gasteiger partial charge in [-0.15, -0.1) is 24.0 Å². The van der Waals surface area contributed by atoms with Crippen LogP contribution < -0.4 is 10.6 Å². The van der Waals surface area contributed by atoms with Crippen molar-refractivity contribution in [2.75, 3.05) is 19.6 Å². The second-order valence-corrected chi connectivity index (χ2v) is 4.86. The fourth-order valence-electron chi connectivity index (χ4n) is 1.81. The van der Waals surface area contributed by atoms with Gasteiger partial charge in [-0.1, -0.05) is 30.3 Å². The molecule has 1 aromatic rings. The van der Waals surface area contributed by atoms with E-state index in [2.05, 4.69) is 15.6 Å². The summed E-state index contributed by atoms with van der Waals surface area (Å²) in [6, 6.07) is 9.46. The molecule has 0 bridgehead atoms. The van der Waals surface area contributed by atoms with Crippen LogP contribution in [0.3, 0.4) is 0 Å². The smallest absolute Gasteiger partial charge is 0.390 e. The van der Waals surface area contributed by atoms with Gasteiger partial charge < -0.3 is 15.7 Å². The third-order valence-corrected chi connectivity index (χ3v) is 2.82. The fraction of sp³-hybridized carbons (Fsp3) is 0.533. The number of rotatable bonds is 7. The highest BCUT2D eigenvalue weighted by molar-refractivity contribution is 14.0. The second kappa shape index (κ2) is 11.5. The first-order chi connectivity index (χ1) is 10.4. The van der Waals surface area contributed by atoms with Gasteiger partial charge >= 0.3 is 6.18 Å². The molecule has 1 aromatic carbocycles. The monoisotopic (exact) mass is 445 g/mol. The standard InChI is InChI=1S/C15H22F3N3O.HI/c1-2-19-14(20-9-8-15(16,17)18)21-11-13(22)10-12-6-4-3-5-7-12;/h3-7,13,22H,2,8-11H2,1H3,(H2,19,20,21);1H. The highest BCUT2D eigenvalue weighted by Crippen LogP contribution is 2.18. The van der Waals surface area contributed by atoms with E-state index in [1.807, 2.05) is 37.3 Å². The van der Waals surface area contributed by atoms with Crippen LogP contribution in [0.15, 0.2) is 35.3 Å². The Labute approximate surface area is 151 Å². The Bertz CT molecular complexity index is 455. The number of aliphatic hydroxyl groups excluding tert-OH is 1. The molecule has 3 N–H and O–H groups in total. The van der Waals surface area contributed by atoms with Gasteiger partial charge in [0.2, 0.25) is 0 Å². The molecule has 132 valence electrons. The Morgan fingerprint density at radius 2 is 1.87 bits per heavy atom. The van der Waals surface area contributed by atoms with Gasteiger partial charge in [-0.05, 0) is 12.5 Å². The fourth-order valence-corrected chi connectivity index (χ4v) is 1.81. The van der Waals surface area contributed by atoms with Crippen molar-refractivity contribution < 1.29 is 18.3 Å². The minimum Gasteiger partial charge on any atom is -0.391 e. The van der Waals surface area contributed by atoms with Gasteiger partial charge in [0.1, 0.15) is 0 Å². The highest BCUT2D eigenvalue weighted by Gasteiger charge is 2.26. The second-order valence-electron chi connectivity index (χ2n) is 4.86. The van der Waals surface area contributed by atoms with E-state index >= 15 is 0 Å². The summed E-state index contributed by atoms with van der Waals surface area (Å²) in [5, 5.41) is 15.4. The lowest BCUT2D eigenvalue weighted by atomic mass is 10.1. The number of nitrogens with zero attached hydrogens (tertiary/aromatic N) is 1. The molecule has 0 saturated carbocycles. The molecule has 23 heavy (non-hydrogen) atoms. The Morgan fingerprint density at radius 1 is 1.22 bits per heavy atom. The molecule has 0 aliphatic heterocycles. The number of hydrogen-bond donors (Lipinski definition) is 3. The molecule has 1 atom stereocenters. The maximum atomic E-state index is 12.1.